The van der Waals surface area contributed by atoms with Gasteiger partial charge in [-0.1, -0.05) is 86.5 Å². The van der Waals surface area contributed by atoms with Crippen molar-refractivity contribution in [2.24, 2.45) is 63.6 Å². The van der Waals surface area contributed by atoms with Crippen molar-refractivity contribution in [3.05, 3.63) is 0 Å². The van der Waals surface area contributed by atoms with Gasteiger partial charge in [-0.05, 0) is 121 Å². The lowest BCUT2D eigenvalue weighted by atomic mass is 9.43. The molecule has 33 heavy (non-hydrogen) atoms. The van der Waals surface area contributed by atoms with Crippen molar-refractivity contribution in [1.29, 1.82) is 0 Å². The summed E-state index contributed by atoms with van der Waals surface area (Å²) in [4.78, 5) is 0. The fraction of sp³-hybridized carbons (Fsp3) is 1.00. The van der Waals surface area contributed by atoms with Crippen LogP contribution in [0.1, 0.15) is 144 Å². The van der Waals surface area contributed by atoms with E-state index in [1.165, 1.54) is 64.2 Å². The molecule has 0 heteroatoms. The zero-order valence-corrected chi connectivity index (χ0v) is 23.4. The van der Waals surface area contributed by atoms with Gasteiger partial charge in [-0.3, -0.25) is 0 Å². The second kappa shape index (κ2) is 9.14. The molecule has 5 aliphatic carbocycles. The quantitative estimate of drug-likeness (QED) is 0.387. The maximum Gasteiger partial charge on any atom is -0.0264 e. The van der Waals surface area contributed by atoms with E-state index < -0.39 is 0 Å². The monoisotopic (exact) mass is 454 g/mol. The largest absolute Gasteiger partial charge is 0.0622 e. The highest BCUT2D eigenvalue weighted by Gasteiger charge is 2.61. The van der Waals surface area contributed by atoms with Crippen LogP contribution in [0.15, 0.2) is 0 Å². The third-order valence-corrected chi connectivity index (χ3v) is 13.5. The molecule has 0 saturated heterocycles. The summed E-state index contributed by atoms with van der Waals surface area (Å²) in [5.41, 5.74) is 1.92. The van der Waals surface area contributed by atoms with Crippen LogP contribution in [0, 0.1) is 63.6 Å². The van der Waals surface area contributed by atoms with E-state index in [0.717, 1.165) is 47.3 Å². The molecule has 0 spiro atoms. The molecule has 0 bridgehead atoms. The Kier molecular flexibility index (Phi) is 6.84. The molecular formula is C33H58. The first-order valence-corrected chi connectivity index (χ1v) is 15.6. The second-order valence-electron chi connectivity index (χ2n) is 15.7. The van der Waals surface area contributed by atoms with E-state index in [1.54, 1.807) is 38.5 Å². The maximum atomic E-state index is 2.78. The lowest BCUT2D eigenvalue weighted by Crippen LogP contribution is -2.54. The molecule has 5 fully saturated rings. The Labute approximate surface area is 207 Å². The lowest BCUT2D eigenvalue weighted by molar-refractivity contribution is -0.129. The van der Waals surface area contributed by atoms with E-state index >= 15 is 0 Å². The van der Waals surface area contributed by atoms with Crippen molar-refractivity contribution in [3.63, 3.8) is 0 Å². The fourth-order valence-corrected chi connectivity index (χ4v) is 11.3. The summed E-state index contributed by atoms with van der Waals surface area (Å²) in [6.07, 6.45) is 24.4. The summed E-state index contributed by atoms with van der Waals surface area (Å²) in [5, 5.41) is 0. The van der Waals surface area contributed by atoms with Crippen LogP contribution in [-0.4, -0.2) is 0 Å². The minimum Gasteiger partial charge on any atom is -0.0622 e. The first-order chi connectivity index (χ1) is 15.6. The summed E-state index contributed by atoms with van der Waals surface area (Å²) >= 11 is 0. The van der Waals surface area contributed by atoms with Gasteiger partial charge in [0.15, 0.2) is 0 Å². The summed E-state index contributed by atoms with van der Waals surface area (Å²) in [6, 6.07) is 0. The zero-order valence-electron chi connectivity index (χ0n) is 23.4. The molecule has 0 amide bonds. The third kappa shape index (κ3) is 4.39. The van der Waals surface area contributed by atoms with Gasteiger partial charge in [-0.15, -0.1) is 0 Å². The minimum absolute atomic E-state index is 0.600. The molecule has 9 atom stereocenters. The van der Waals surface area contributed by atoms with Crippen molar-refractivity contribution in [2.45, 2.75) is 144 Å². The predicted octanol–water partition coefficient (Wildman–Crippen LogP) is 10.3. The van der Waals surface area contributed by atoms with E-state index in [-0.39, 0.29) is 0 Å². The molecule has 0 heterocycles. The van der Waals surface area contributed by atoms with Gasteiger partial charge in [0.05, 0.1) is 0 Å². The van der Waals surface area contributed by atoms with Crippen LogP contribution < -0.4 is 0 Å². The highest BCUT2D eigenvalue weighted by atomic mass is 14.7. The van der Waals surface area contributed by atoms with Crippen molar-refractivity contribution in [3.8, 4) is 0 Å². The zero-order chi connectivity index (χ0) is 23.4. The molecule has 0 aromatic carbocycles. The molecule has 0 aliphatic heterocycles. The maximum absolute atomic E-state index is 2.78. The van der Waals surface area contributed by atoms with Crippen LogP contribution in [0.5, 0.6) is 0 Å². The number of hydrogen-bond acceptors (Lipinski definition) is 0. The second-order valence-corrected chi connectivity index (χ2v) is 15.7. The van der Waals surface area contributed by atoms with E-state index in [1.807, 2.05) is 0 Å². The lowest BCUT2D eigenvalue weighted by Gasteiger charge is -2.62. The summed E-state index contributed by atoms with van der Waals surface area (Å²) < 4.78 is 0. The first-order valence-electron chi connectivity index (χ1n) is 15.6. The van der Waals surface area contributed by atoms with Gasteiger partial charge >= 0.3 is 0 Å². The van der Waals surface area contributed by atoms with Gasteiger partial charge in [0, 0.05) is 0 Å². The summed E-state index contributed by atoms with van der Waals surface area (Å²) in [6.45, 7) is 15.9. The molecule has 5 saturated carbocycles. The molecule has 0 aromatic rings. The predicted molar refractivity (Wildman–Crippen MR) is 143 cm³/mol. The van der Waals surface area contributed by atoms with Gasteiger partial charge in [0.25, 0.3) is 0 Å². The molecule has 0 radical (unpaired) electrons. The van der Waals surface area contributed by atoms with E-state index in [0.29, 0.717) is 16.2 Å². The van der Waals surface area contributed by atoms with Crippen LogP contribution in [0.3, 0.4) is 0 Å². The Hall–Kier alpha value is 0. The van der Waals surface area contributed by atoms with E-state index in [2.05, 4.69) is 41.5 Å². The number of hydrogen-bond donors (Lipinski definition) is 0. The number of fused-ring (bicyclic) bond motifs is 5. The van der Waals surface area contributed by atoms with Crippen LogP contribution in [0.2, 0.25) is 0 Å². The van der Waals surface area contributed by atoms with Gasteiger partial charge in [-0.25, -0.2) is 0 Å². The topological polar surface area (TPSA) is 0 Å². The van der Waals surface area contributed by atoms with Gasteiger partial charge in [-0.2, -0.15) is 0 Å². The average molecular weight is 455 g/mol. The SMILES string of the molecule is CC(CC[C@@H](C)[C@H]1CC[C@H]2[C@@H]3CC[C@H]4CC(C)(C)CC[C@]4(C)[C@H]3CC[C@]12C)C1CCCCC1. The Morgan fingerprint density at radius 1 is 0.636 bits per heavy atom. The smallest absolute Gasteiger partial charge is 0.0264 e. The Bertz CT molecular complexity index is 670. The van der Waals surface area contributed by atoms with Crippen molar-refractivity contribution < 1.29 is 0 Å². The van der Waals surface area contributed by atoms with E-state index in [9.17, 15) is 0 Å². The molecular weight excluding hydrogens is 396 g/mol. The number of rotatable bonds is 5. The van der Waals surface area contributed by atoms with E-state index in [4.69, 9.17) is 0 Å². The Balaban J connectivity index is 1.23. The third-order valence-electron chi connectivity index (χ3n) is 13.5. The van der Waals surface area contributed by atoms with Gasteiger partial charge in [0.2, 0.25) is 0 Å². The van der Waals surface area contributed by atoms with Crippen molar-refractivity contribution in [2.75, 3.05) is 0 Å². The van der Waals surface area contributed by atoms with Gasteiger partial charge < -0.3 is 0 Å². The molecule has 5 rings (SSSR count). The normalized spacial score (nSPS) is 47.3. The molecule has 0 aromatic heterocycles. The summed E-state index contributed by atoms with van der Waals surface area (Å²) in [5.74, 6) is 8.15. The average Bonchev–Trinajstić information content (AvgIpc) is 3.15. The molecule has 0 N–H and O–H groups in total. The van der Waals surface area contributed by atoms with Crippen LogP contribution in [-0.2, 0) is 0 Å². The van der Waals surface area contributed by atoms with Crippen molar-refractivity contribution >= 4 is 0 Å². The van der Waals surface area contributed by atoms with Crippen LogP contribution in [0.25, 0.3) is 0 Å². The van der Waals surface area contributed by atoms with Crippen molar-refractivity contribution in [1.82, 2.24) is 0 Å². The summed E-state index contributed by atoms with van der Waals surface area (Å²) in [7, 11) is 0. The standard InChI is InChI=1S/C33H58/c1-23(25-10-8-7-9-11-25)12-13-24(2)28-16-17-29-27-15-14-26-22-31(3,4)20-21-32(26,5)30(27)18-19-33(28,29)6/h23-30H,7-22H2,1-6H3/t23?,24-,26+,27+,28-,29+,30+,32+,33-/m1/s1. The molecule has 0 nitrogen and oxygen atoms in total. The highest BCUT2D eigenvalue weighted by molar-refractivity contribution is 5.10. The molecule has 5 aliphatic rings. The van der Waals surface area contributed by atoms with Gasteiger partial charge in [0.1, 0.15) is 0 Å². The highest BCUT2D eigenvalue weighted by Crippen LogP contribution is 2.69. The van der Waals surface area contributed by atoms with Crippen LogP contribution in [0.4, 0.5) is 0 Å². The minimum atomic E-state index is 0.600. The van der Waals surface area contributed by atoms with Crippen LogP contribution >= 0.6 is 0 Å². The Morgan fingerprint density at radius 3 is 2.09 bits per heavy atom. The molecule has 190 valence electrons. The Morgan fingerprint density at radius 2 is 1.33 bits per heavy atom. The molecule has 1 unspecified atom stereocenters. The fourth-order valence-electron chi connectivity index (χ4n) is 11.3. The first kappa shape index (κ1) is 24.7.